The number of carbonyl (C=O) groups excluding carboxylic acids is 1. The van der Waals surface area contributed by atoms with E-state index in [1.165, 1.54) is 7.11 Å². The van der Waals surface area contributed by atoms with Gasteiger partial charge in [-0.25, -0.2) is 9.18 Å². The molecule has 1 aromatic carbocycles. The quantitative estimate of drug-likeness (QED) is 0.795. The SMILES string of the molecule is CCOC(=O)C(F)[C@@H](N)c1ccc(OC)cc1. The van der Waals surface area contributed by atoms with Crippen LogP contribution in [-0.2, 0) is 9.53 Å². The number of rotatable bonds is 5. The highest BCUT2D eigenvalue weighted by Gasteiger charge is 2.27. The number of alkyl halides is 1. The van der Waals surface area contributed by atoms with E-state index in [9.17, 15) is 9.18 Å². The van der Waals surface area contributed by atoms with Crippen LogP contribution in [0.2, 0.25) is 0 Å². The maximum Gasteiger partial charge on any atom is 0.342 e. The van der Waals surface area contributed by atoms with Crippen molar-refractivity contribution in [3.63, 3.8) is 0 Å². The summed E-state index contributed by atoms with van der Waals surface area (Å²) in [4.78, 5) is 11.2. The summed E-state index contributed by atoms with van der Waals surface area (Å²) in [6.07, 6.45) is -1.86. The van der Waals surface area contributed by atoms with E-state index in [2.05, 4.69) is 4.74 Å². The number of benzene rings is 1. The molecule has 1 unspecified atom stereocenters. The van der Waals surface area contributed by atoms with Gasteiger partial charge in [-0.3, -0.25) is 0 Å². The minimum Gasteiger partial charge on any atom is -0.497 e. The fraction of sp³-hybridized carbons (Fsp3) is 0.417. The van der Waals surface area contributed by atoms with Gasteiger partial charge in [-0.1, -0.05) is 12.1 Å². The zero-order valence-electron chi connectivity index (χ0n) is 9.85. The Morgan fingerprint density at radius 3 is 2.47 bits per heavy atom. The average molecular weight is 241 g/mol. The number of halogens is 1. The van der Waals surface area contributed by atoms with Crippen molar-refractivity contribution in [2.24, 2.45) is 5.73 Å². The number of methoxy groups -OCH3 is 1. The van der Waals surface area contributed by atoms with Crippen LogP contribution >= 0.6 is 0 Å². The standard InChI is InChI=1S/C12H16FNO3/c1-3-17-12(15)10(13)11(14)8-4-6-9(16-2)7-5-8/h4-7,10-11H,3,14H2,1-2H3/t10?,11-/m0/s1. The van der Waals surface area contributed by atoms with Crippen LogP contribution in [0.25, 0.3) is 0 Å². The zero-order valence-corrected chi connectivity index (χ0v) is 9.85. The first-order chi connectivity index (χ1) is 8.10. The second kappa shape index (κ2) is 6.20. The van der Waals surface area contributed by atoms with Gasteiger partial charge in [0, 0.05) is 0 Å². The van der Waals surface area contributed by atoms with Crippen molar-refractivity contribution in [2.75, 3.05) is 13.7 Å². The van der Waals surface area contributed by atoms with Gasteiger partial charge < -0.3 is 15.2 Å². The summed E-state index contributed by atoms with van der Waals surface area (Å²) < 4.78 is 23.2. The maximum atomic E-state index is 13.6. The van der Waals surface area contributed by atoms with E-state index < -0.39 is 18.2 Å². The van der Waals surface area contributed by atoms with Crippen molar-refractivity contribution in [2.45, 2.75) is 19.1 Å². The summed E-state index contributed by atoms with van der Waals surface area (Å²) >= 11 is 0. The van der Waals surface area contributed by atoms with Crippen molar-refractivity contribution < 1.29 is 18.7 Å². The first-order valence-corrected chi connectivity index (χ1v) is 5.30. The predicted octanol–water partition coefficient (Wildman–Crippen LogP) is 1.60. The normalized spacial score (nSPS) is 13.9. The first-order valence-electron chi connectivity index (χ1n) is 5.30. The highest BCUT2D eigenvalue weighted by molar-refractivity contribution is 5.75. The van der Waals surface area contributed by atoms with Gasteiger partial charge in [0.15, 0.2) is 0 Å². The molecule has 0 amide bonds. The topological polar surface area (TPSA) is 61.5 Å². The number of hydrogen-bond donors (Lipinski definition) is 1. The van der Waals surface area contributed by atoms with Crippen LogP contribution in [0, 0.1) is 0 Å². The molecule has 0 bridgehead atoms. The van der Waals surface area contributed by atoms with Crippen molar-refractivity contribution in [3.8, 4) is 5.75 Å². The smallest absolute Gasteiger partial charge is 0.342 e. The molecular weight excluding hydrogens is 225 g/mol. The molecule has 1 rings (SSSR count). The third-order valence-corrected chi connectivity index (χ3v) is 2.33. The Balaban J connectivity index is 2.73. The van der Waals surface area contributed by atoms with Crippen LogP contribution in [0.3, 0.4) is 0 Å². The van der Waals surface area contributed by atoms with E-state index in [1.54, 1.807) is 31.2 Å². The zero-order chi connectivity index (χ0) is 12.8. The van der Waals surface area contributed by atoms with E-state index in [1.807, 2.05) is 0 Å². The second-order valence-electron chi connectivity index (χ2n) is 3.45. The molecular formula is C12H16FNO3. The van der Waals surface area contributed by atoms with Gasteiger partial charge in [0.25, 0.3) is 0 Å². The molecule has 0 aliphatic carbocycles. The lowest BCUT2D eigenvalue weighted by molar-refractivity contribution is -0.149. The average Bonchev–Trinajstić information content (AvgIpc) is 2.37. The first kappa shape index (κ1) is 13.4. The van der Waals surface area contributed by atoms with Crippen LogP contribution in [0.1, 0.15) is 18.5 Å². The molecule has 0 aliphatic heterocycles. The minimum atomic E-state index is -1.86. The fourth-order valence-electron chi connectivity index (χ4n) is 1.36. The van der Waals surface area contributed by atoms with E-state index in [0.717, 1.165) is 0 Å². The lowest BCUT2D eigenvalue weighted by atomic mass is 10.0. The summed E-state index contributed by atoms with van der Waals surface area (Å²) in [5.74, 6) is -0.289. The molecule has 0 spiro atoms. The van der Waals surface area contributed by atoms with Crippen molar-refractivity contribution in [1.82, 2.24) is 0 Å². The molecule has 17 heavy (non-hydrogen) atoms. The Kier molecular flexibility index (Phi) is 4.90. The highest BCUT2D eigenvalue weighted by atomic mass is 19.1. The van der Waals surface area contributed by atoms with Crippen molar-refractivity contribution in [3.05, 3.63) is 29.8 Å². The van der Waals surface area contributed by atoms with Gasteiger partial charge in [0.1, 0.15) is 5.75 Å². The Hall–Kier alpha value is -1.62. The van der Waals surface area contributed by atoms with Crippen LogP contribution in [0.4, 0.5) is 4.39 Å². The number of esters is 1. The Morgan fingerprint density at radius 2 is 2.00 bits per heavy atom. The Bertz CT molecular complexity index is 367. The van der Waals surface area contributed by atoms with E-state index in [0.29, 0.717) is 11.3 Å². The van der Waals surface area contributed by atoms with Gasteiger partial charge >= 0.3 is 5.97 Å². The summed E-state index contributed by atoms with van der Waals surface area (Å²) in [7, 11) is 1.53. The maximum absolute atomic E-state index is 13.6. The molecule has 0 aliphatic rings. The number of hydrogen-bond acceptors (Lipinski definition) is 4. The van der Waals surface area contributed by atoms with Crippen LogP contribution in [-0.4, -0.2) is 25.9 Å². The number of nitrogens with two attached hydrogens (primary N) is 1. The molecule has 5 heteroatoms. The van der Waals surface area contributed by atoms with Crippen LogP contribution < -0.4 is 10.5 Å². The number of ether oxygens (including phenoxy) is 2. The molecule has 1 aromatic rings. The largest absolute Gasteiger partial charge is 0.497 e. The predicted molar refractivity (Wildman–Crippen MR) is 61.5 cm³/mol. The second-order valence-corrected chi connectivity index (χ2v) is 3.45. The minimum absolute atomic E-state index is 0.134. The van der Waals surface area contributed by atoms with Gasteiger partial charge in [0.05, 0.1) is 19.8 Å². The molecule has 0 saturated heterocycles. The van der Waals surface area contributed by atoms with Crippen molar-refractivity contribution >= 4 is 5.97 Å². The summed E-state index contributed by atoms with van der Waals surface area (Å²) in [5, 5.41) is 0. The van der Waals surface area contributed by atoms with Gasteiger partial charge in [-0.15, -0.1) is 0 Å². The van der Waals surface area contributed by atoms with E-state index >= 15 is 0 Å². The summed E-state index contributed by atoms with van der Waals surface area (Å²) in [6.45, 7) is 1.75. The highest BCUT2D eigenvalue weighted by Crippen LogP contribution is 2.20. The molecule has 0 heterocycles. The molecule has 0 radical (unpaired) electrons. The molecule has 94 valence electrons. The molecule has 2 atom stereocenters. The van der Waals surface area contributed by atoms with E-state index in [4.69, 9.17) is 10.5 Å². The third-order valence-electron chi connectivity index (χ3n) is 2.33. The molecule has 0 fully saturated rings. The van der Waals surface area contributed by atoms with Crippen LogP contribution in [0.15, 0.2) is 24.3 Å². The fourth-order valence-corrected chi connectivity index (χ4v) is 1.36. The molecule has 4 nitrogen and oxygen atoms in total. The van der Waals surface area contributed by atoms with Crippen LogP contribution in [0.5, 0.6) is 5.75 Å². The monoisotopic (exact) mass is 241 g/mol. The van der Waals surface area contributed by atoms with E-state index in [-0.39, 0.29) is 6.61 Å². The van der Waals surface area contributed by atoms with Crippen molar-refractivity contribution in [1.29, 1.82) is 0 Å². The summed E-state index contributed by atoms with van der Waals surface area (Å²) in [5.41, 5.74) is 6.16. The third kappa shape index (κ3) is 3.42. The Labute approximate surface area is 99.5 Å². The van der Waals surface area contributed by atoms with Gasteiger partial charge in [-0.2, -0.15) is 0 Å². The van der Waals surface area contributed by atoms with Gasteiger partial charge in [-0.05, 0) is 24.6 Å². The number of carbonyl (C=O) groups is 1. The molecule has 0 aromatic heterocycles. The lowest BCUT2D eigenvalue weighted by Crippen LogP contribution is -2.31. The Morgan fingerprint density at radius 1 is 1.41 bits per heavy atom. The molecule has 0 saturated carbocycles. The molecule has 2 N–H and O–H groups in total. The van der Waals surface area contributed by atoms with Gasteiger partial charge in [0.2, 0.25) is 6.17 Å². The lowest BCUT2D eigenvalue weighted by Gasteiger charge is -2.16. The summed E-state index contributed by atoms with van der Waals surface area (Å²) in [6, 6.07) is 5.53.